The van der Waals surface area contributed by atoms with Crippen LogP contribution in [-0.4, -0.2) is 19.0 Å². The van der Waals surface area contributed by atoms with Gasteiger partial charge in [0, 0.05) is 17.4 Å². The van der Waals surface area contributed by atoms with E-state index in [0.29, 0.717) is 11.3 Å². The summed E-state index contributed by atoms with van der Waals surface area (Å²) in [6, 6.07) is 10.7. The molecular formula is C19H23FO2S. The van der Waals surface area contributed by atoms with Crippen LogP contribution < -0.4 is 4.74 Å². The van der Waals surface area contributed by atoms with Crippen LogP contribution in [0.15, 0.2) is 36.4 Å². The quantitative estimate of drug-likeness (QED) is 0.757. The molecule has 1 unspecified atom stereocenters. The average molecular weight is 334 g/mol. The van der Waals surface area contributed by atoms with Gasteiger partial charge in [0.25, 0.3) is 0 Å². The number of methoxy groups -OCH3 is 2. The fourth-order valence-electron chi connectivity index (χ4n) is 2.78. The SMILES string of the molecule is COc1ccc(F)c(-c2ccc(C)cc2C(OC)C(C)(C)S)c1. The van der Waals surface area contributed by atoms with Crippen LogP contribution in [0.25, 0.3) is 11.1 Å². The van der Waals surface area contributed by atoms with Crippen molar-refractivity contribution in [3.05, 3.63) is 53.3 Å². The summed E-state index contributed by atoms with van der Waals surface area (Å²) in [6.07, 6.45) is -0.272. The molecule has 0 fully saturated rings. The number of thiol groups is 1. The molecule has 2 nitrogen and oxygen atoms in total. The van der Waals surface area contributed by atoms with Gasteiger partial charge in [-0.2, -0.15) is 12.6 Å². The topological polar surface area (TPSA) is 18.5 Å². The van der Waals surface area contributed by atoms with Gasteiger partial charge in [-0.05, 0) is 50.1 Å². The Hall–Kier alpha value is -1.52. The van der Waals surface area contributed by atoms with Gasteiger partial charge in [-0.3, -0.25) is 0 Å². The Morgan fingerprint density at radius 3 is 2.30 bits per heavy atom. The maximum absolute atomic E-state index is 14.4. The molecule has 2 rings (SSSR count). The van der Waals surface area contributed by atoms with E-state index in [0.717, 1.165) is 16.7 Å². The third kappa shape index (κ3) is 3.88. The van der Waals surface area contributed by atoms with Crippen molar-refractivity contribution < 1.29 is 13.9 Å². The predicted molar refractivity (Wildman–Crippen MR) is 95.9 cm³/mol. The highest BCUT2D eigenvalue weighted by molar-refractivity contribution is 7.81. The Labute approximate surface area is 143 Å². The highest BCUT2D eigenvalue weighted by Gasteiger charge is 2.30. The first-order valence-electron chi connectivity index (χ1n) is 7.47. The summed E-state index contributed by atoms with van der Waals surface area (Å²) in [5.74, 6) is 0.328. The van der Waals surface area contributed by atoms with Crippen LogP contribution >= 0.6 is 12.6 Å². The average Bonchev–Trinajstić information content (AvgIpc) is 2.48. The fourth-order valence-corrected chi connectivity index (χ4v) is 3.02. The Kier molecular flexibility index (Phi) is 5.37. The van der Waals surface area contributed by atoms with Gasteiger partial charge in [0.1, 0.15) is 11.6 Å². The lowest BCUT2D eigenvalue weighted by Gasteiger charge is -2.31. The third-order valence-corrected chi connectivity index (χ3v) is 4.07. The van der Waals surface area contributed by atoms with Gasteiger partial charge < -0.3 is 9.47 Å². The second-order valence-corrected chi connectivity index (χ2v) is 7.36. The maximum Gasteiger partial charge on any atom is 0.131 e. The first-order valence-corrected chi connectivity index (χ1v) is 7.92. The van der Waals surface area contributed by atoms with E-state index >= 15 is 0 Å². The van der Waals surface area contributed by atoms with Crippen molar-refractivity contribution in [2.45, 2.75) is 31.6 Å². The van der Waals surface area contributed by atoms with Crippen molar-refractivity contribution in [3.8, 4) is 16.9 Å². The Balaban J connectivity index is 2.69. The molecule has 0 saturated heterocycles. The highest BCUT2D eigenvalue weighted by Crippen LogP contribution is 2.40. The van der Waals surface area contributed by atoms with Crippen molar-refractivity contribution in [3.63, 3.8) is 0 Å². The second-order valence-electron chi connectivity index (χ2n) is 6.21. The Morgan fingerprint density at radius 2 is 1.74 bits per heavy atom. The van der Waals surface area contributed by atoms with E-state index in [-0.39, 0.29) is 11.9 Å². The van der Waals surface area contributed by atoms with Crippen LogP contribution in [0.2, 0.25) is 0 Å². The molecule has 124 valence electrons. The Bertz CT molecular complexity index is 692. The molecule has 0 saturated carbocycles. The number of rotatable bonds is 5. The van der Waals surface area contributed by atoms with Crippen LogP contribution in [0.5, 0.6) is 5.75 Å². The lowest BCUT2D eigenvalue weighted by molar-refractivity contribution is 0.0792. The minimum Gasteiger partial charge on any atom is -0.497 e. The summed E-state index contributed by atoms with van der Waals surface area (Å²) < 4.78 is 24.9. The standard InChI is InChI=1S/C19H23FO2S/c1-12-6-8-14(15-11-13(21-4)7-9-17(15)20)16(10-12)18(22-5)19(2,3)23/h6-11,18,23H,1-5H3. The lowest BCUT2D eigenvalue weighted by atomic mass is 9.89. The minimum absolute atomic E-state index is 0.272. The molecule has 0 radical (unpaired) electrons. The van der Waals surface area contributed by atoms with Crippen molar-refractivity contribution in [2.24, 2.45) is 0 Å². The molecule has 1 atom stereocenters. The molecule has 23 heavy (non-hydrogen) atoms. The number of ether oxygens (including phenoxy) is 2. The molecule has 4 heteroatoms. The van der Waals surface area contributed by atoms with Crippen LogP contribution in [0.4, 0.5) is 4.39 Å². The lowest BCUT2D eigenvalue weighted by Crippen LogP contribution is -2.25. The molecule has 0 aliphatic heterocycles. The van der Waals surface area contributed by atoms with E-state index in [2.05, 4.69) is 12.6 Å². The van der Waals surface area contributed by atoms with Gasteiger partial charge in [-0.1, -0.05) is 23.8 Å². The molecule has 0 aliphatic rings. The van der Waals surface area contributed by atoms with Gasteiger partial charge in [-0.15, -0.1) is 0 Å². The zero-order valence-electron chi connectivity index (χ0n) is 14.2. The van der Waals surface area contributed by atoms with Crippen LogP contribution in [0.3, 0.4) is 0 Å². The first kappa shape index (κ1) is 17.8. The summed E-state index contributed by atoms with van der Waals surface area (Å²) in [5.41, 5.74) is 3.30. The predicted octanol–water partition coefficient (Wildman–Crippen LogP) is 5.21. The zero-order chi connectivity index (χ0) is 17.2. The van der Waals surface area contributed by atoms with Crippen LogP contribution in [0, 0.1) is 12.7 Å². The van der Waals surface area contributed by atoms with Crippen molar-refractivity contribution >= 4 is 12.6 Å². The number of hydrogen-bond acceptors (Lipinski definition) is 3. The number of benzene rings is 2. The largest absolute Gasteiger partial charge is 0.497 e. The molecule has 2 aromatic rings. The molecule has 0 amide bonds. The summed E-state index contributed by atoms with van der Waals surface area (Å²) in [7, 11) is 3.22. The van der Waals surface area contributed by atoms with E-state index in [1.54, 1.807) is 26.4 Å². The van der Waals surface area contributed by atoms with Gasteiger partial charge >= 0.3 is 0 Å². The molecule has 0 spiro atoms. The highest BCUT2D eigenvalue weighted by atomic mass is 32.1. The molecule has 0 bridgehead atoms. The van der Waals surface area contributed by atoms with Gasteiger partial charge in [0.15, 0.2) is 0 Å². The molecule has 0 N–H and O–H groups in total. The van der Waals surface area contributed by atoms with Crippen molar-refractivity contribution in [1.29, 1.82) is 0 Å². The smallest absolute Gasteiger partial charge is 0.131 e. The Morgan fingerprint density at radius 1 is 1.04 bits per heavy atom. The number of aryl methyl sites for hydroxylation is 1. The molecule has 2 aromatic carbocycles. The van der Waals surface area contributed by atoms with Gasteiger partial charge in [-0.25, -0.2) is 4.39 Å². The number of halogens is 1. The van der Waals surface area contributed by atoms with E-state index < -0.39 is 4.75 Å². The van der Waals surface area contributed by atoms with E-state index in [1.165, 1.54) is 6.07 Å². The molecule has 0 aromatic heterocycles. The van der Waals surface area contributed by atoms with E-state index in [4.69, 9.17) is 9.47 Å². The fraction of sp³-hybridized carbons (Fsp3) is 0.368. The molecule has 0 aliphatic carbocycles. The minimum atomic E-state index is -0.410. The second kappa shape index (κ2) is 6.93. The van der Waals surface area contributed by atoms with E-state index in [1.807, 2.05) is 39.0 Å². The monoisotopic (exact) mass is 334 g/mol. The maximum atomic E-state index is 14.4. The summed E-state index contributed by atoms with van der Waals surface area (Å²) in [4.78, 5) is 0. The van der Waals surface area contributed by atoms with Crippen LogP contribution in [0.1, 0.15) is 31.1 Å². The molecular weight excluding hydrogens is 311 g/mol. The number of hydrogen-bond donors (Lipinski definition) is 1. The third-order valence-electron chi connectivity index (χ3n) is 3.83. The first-order chi connectivity index (χ1) is 10.8. The van der Waals surface area contributed by atoms with Gasteiger partial charge in [0.2, 0.25) is 0 Å². The summed E-state index contributed by atoms with van der Waals surface area (Å²) in [6.45, 7) is 5.98. The van der Waals surface area contributed by atoms with Crippen LogP contribution in [-0.2, 0) is 4.74 Å². The molecule has 0 heterocycles. The summed E-state index contributed by atoms with van der Waals surface area (Å²) >= 11 is 4.66. The van der Waals surface area contributed by atoms with Gasteiger partial charge in [0.05, 0.1) is 13.2 Å². The van der Waals surface area contributed by atoms with Crippen molar-refractivity contribution in [2.75, 3.05) is 14.2 Å². The van der Waals surface area contributed by atoms with Crippen molar-refractivity contribution in [1.82, 2.24) is 0 Å². The zero-order valence-corrected chi connectivity index (χ0v) is 15.1. The normalized spacial score (nSPS) is 13.0. The van der Waals surface area contributed by atoms with E-state index in [9.17, 15) is 4.39 Å². The summed E-state index contributed by atoms with van der Waals surface area (Å²) in [5, 5.41) is 0.